The van der Waals surface area contributed by atoms with Gasteiger partial charge in [0, 0.05) is 22.4 Å². The number of phenols is 1. The molecular weight excluding hydrogens is 262 g/mol. The summed E-state index contributed by atoms with van der Waals surface area (Å²) in [4.78, 5) is 15.0. The number of H-pyrrole nitrogens is 1. The number of hydrogen-bond donors (Lipinski definition) is 2. The van der Waals surface area contributed by atoms with Crippen LogP contribution in [0.4, 0.5) is 0 Å². The van der Waals surface area contributed by atoms with E-state index in [2.05, 4.69) is 11.6 Å². The van der Waals surface area contributed by atoms with Gasteiger partial charge in [-0.05, 0) is 37.5 Å². The molecule has 2 aromatic rings. The molecular formula is C18H23NO2. The maximum atomic E-state index is 12.1. The van der Waals surface area contributed by atoms with Gasteiger partial charge < -0.3 is 10.1 Å². The van der Waals surface area contributed by atoms with Crippen LogP contribution in [0.1, 0.15) is 56.2 Å². The van der Waals surface area contributed by atoms with E-state index in [0.29, 0.717) is 16.5 Å². The van der Waals surface area contributed by atoms with E-state index in [0.717, 1.165) is 16.7 Å². The van der Waals surface area contributed by atoms with Crippen LogP contribution in [0.5, 0.6) is 5.75 Å². The number of nitrogens with one attached hydrogen (secondary N) is 1. The Kier molecular flexibility index (Phi) is 3.95. The summed E-state index contributed by atoms with van der Waals surface area (Å²) in [6, 6.07) is 3.75. The topological polar surface area (TPSA) is 53.1 Å². The van der Waals surface area contributed by atoms with E-state index in [9.17, 15) is 9.90 Å². The van der Waals surface area contributed by atoms with Crippen LogP contribution in [0.15, 0.2) is 29.1 Å². The number of pyridine rings is 1. The first-order valence-electron chi connectivity index (χ1n) is 7.28. The highest BCUT2D eigenvalue weighted by Crippen LogP contribution is 2.37. The Hall–Kier alpha value is -2.03. The molecule has 3 heteroatoms. The predicted molar refractivity (Wildman–Crippen MR) is 88.3 cm³/mol. The Morgan fingerprint density at radius 3 is 2.38 bits per heavy atom. The van der Waals surface area contributed by atoms with Crippen LogP contribution in [0.3, 0.4) is 0 Å². The van der Waals surface area contributed by atoms with Crippen LogP contribution in [-0.2, 0) is 0 Å². The summed E-state index contributed by atoms with van der Waals surface area (Å²) in [6.07, 6.45) is 0. The first-order valence-corrected chi connectivity index (χ1v) is 7.28. The second-order valence-corrected chi connectivity index (χ2v) is 6.20. The molecule has 1 aromatic heterocycles. The molecule has 0 aliphatic heterocycles. The van der Waals surface area contributed by atoms with Gasteiger partial charge in [0.25, 0.3) is 5.56 Å². The minimum absolute atomic E-state index is 0.0718. The van der Waals surface area contributed by atoms with Gasteiger partial charge >= 0.3 is 0 Å². The lowest BCUT2D eigenvalue weighted by Gasteiger charge is -2.17. The number of fused-ring (bicyclic) bond motifs is 1. The van der Waals surface area contributed by atoms with Crippen molar-refractivity contribution >= 4 is 10.9 Å². The highest BCUT2D eigenvalue weighted by molar-refractivity contribution is 5.89. The summed E-state index contributed by atoms with van der Waals surface area (Å²) >= 11 is 0. The number of hydrogen-bond acceptors (Lipinski definition) is 2. The number of aryl methyl sites for hydroxylation is 1. The SMILES string of the molecule is C=C(C)C(C)c1cc(C)c2[nH]c(=O)c(C(C)C)cc2c1O. The Morgan fingerprint density at radius 2 is 1.86 bits per heavy atom. The predicted octanol–water partition coefficient (Wildman–Crippen LogP) is 4.35. The van der Waals surface area contributed by atoms with Crippen molar-refractivity contribution in [2.75, 3.05) is 0 Å². The first-order chi connectivity index (χ1) is 9.73. The number of aromatic nitrogens is 1. The Labute approximate surface area is 125 Å². The second-order valence-electron chi connectivity index (χ2n) is 6.20. The van der Waals surface area contributed by atoms with Crippen LogP contribution in [0.2, 0.25) is 0 Å². The summed E-state index contributed by atoms with van der Waals surface area (Å²) in [5.74, 6) is 0.423. The molecule has 0 amide bonds. The van der Waals surface area contributed by atoms with E-state index >= 15 is 0 Å². The number of allylic oxidation sites excluding steroid dienone is 1. The van der Waals surface area contributed by atoms with Crippen molar-refractivity contribution < 1.29 is 5.11 Å². The Balaban J connectivity index is 2.85. The molecule has 0 radical (unpaired) electrons. The summed E-state index contributed by atoms with van der Waals surface area (Å²) in [7, 11) is 0. The average Bonchev–Trinajstić information content (AvgIpc) is 2.41. The number of benzene rings is 1. The Morgan fingerprint density at radius 1 is 1.24 bits per heavy atom. The molecule has 0 aliphatic rings. The van der Waals surface area contributed by atoms with Crippen molar-refractivity contribution in [3.05, 3.63) is 51.3 Å². The molecule has 21 heavy (non-hydrogen) atoms. The minimum Gasteiger partial charge on any atom is -0.507 e. The van der Waals surface area contributed by atoms with Gasteiger partial charge in [-0.2, -0.15) is 0 Å². The third kappa shape index (κ3) is 2.60. The zero-order chi connectivity index (χ0) is 15.9. The van der Waals surface area contributed by atoms with Crippen molar-refractivity contribution in [1.82, 2.24) is 4.98 Å². The van der Waals surface area contributed by atoms with E-state index < -0.39 is 0 Å². The van der Waals surface area contributed by atoms with Crippen LogP contribution in [0, 0.1) is 6.92 Å². The van der Waals surface area contributed by atoms with Crippen molar-refractivity contribution in [2.45, 2.75) is 46.5 Å². The lowest BCUT2D eigenvalue weighted by molar-refractivity contribution is 0.472. The van der Waals surface area contributed by atoms with Crippen LogP contribution >= 0.6 is 0 Å². The fraction of sp³-hybridized carbons (Fsp3) is 0.389. The Bertz CT molecular complexity index is 769. The van der Waals surface area contributed by atoms with Gasteiger partial charge in [-0.15, -0.1) is 0 Å². The van der Waals surface area contributed by atoms with Gasteiger partial charge in [-0.1, -0.05) is 32.9 Å². The molecule has 0 spiro atoms. The lowest BCUT2D eigenvalue weighted by Crippen LogP contribution is -2.14. The number of rotatable bonds is 3. The third-order valence-electron chi connectivity index (χ3n) is 4.19. The average molecular weight is 285 g/mol. The molecule has 0 aliphatic carbocycles. The molecule has 1 heterocycles. The highest BCUT2D eigenvalue weighted by atomic mass is 16.3. The molecule has 1 atom stereocenters. The lowest BCUT2D eigenvalue weighted by atomic mass is 9.90. The van der Waals surface area contributed by atoms with Crippen molar-refractivity contribution in [3.63, 3.8) is 0 Å². The summed E-state index contributed by atoms with van der Waals surface area (Å²) < 4.78 is 0. The highest BCUT2D eigenvalue weighted by Gasteiger charge is 2.17. The van der Waals surface area contributed by atoms with Gasteiger partial charge in [-0.25, -0.2) is 0 Å². The summed E-state index contributed by atoms with van der Waals surface area (Å²) in [5.41, 5.74) is 4.13. The molecule has 112 valence electrons. The first kappa shape index (κ1) is 15.4. The summed E-state index contributed by atoms with van der Waals surface area (Å²) in [5, 5.41) is 11.3. The molecule has 0 saturated carbocycles. The third-order valence-corrected chi connectivity index (χ3v) is 4.19. The summed E-state index contributed by atoms with van der Waals surface area (Å²) in [6.45, 7) is 13.8. The largest absolute Gasteiger partial charge is 0.507 e. The van der Waals surface area contributed by atoms with Gasteiger partial charge in [-0.3, -0.25) is 4.79 Å². The van der Waals surface area contributed by atoms with Crippen molar-refractivity contribution in [3.8, 4) is 5.75 Å². The number of aromatic hydroxyl groups is 1. The van der Waals surface area contributed by atoms with E-state index in [-0.39, 0.29) is 23.1 Å². The molecule has 0 fully saturated rings. The molecule has 0 bridgehead atoms. The van der Waals surface area contributed by atoms with Gasteiger partial charge in [0.05, 0.1) is 5.52 Å². The fourth-order valence-electron chi connectivity index (χ4n) is 2.60. The van der Waals surface area contributed by atoms with E-state index in [1.807, 2.05) is 46.8 Å². The van der Waals surface area contributed by atoms with E-state index in [4.69, 9.17) is 0 Å². The zero-order valence-electron chi connectivity index (χ0n) is 13.4. The second kappa shape index (κ2) is 5.40. The van der Waals surface area contributed by atoms with Crippen LogP contribution in [-0.4, -0.2) is 10.1 Å². The number of aromatic amines is 1. The fourth-order valence-corrected chi connectivity index (χ4v) is 2.60. The molecule has 0 saturated heterocycles. The maximum absolute atomic E-state index is 12.1. The van der Waals surface area contributed by atoms with Gasteiger partial charge in [0.2, 0.25) is 0 Å². The van der Waals surface area contributed by atoms with Gasteiger partial charge in [0.15, 0.2) is 0 Å². The van der Waals surface area contributed by atoms with Gasteiger partial charge in [0.1, 0.15) is 5.75 Å². The molecule has 1 unspecified atom stereocenters. The van der Waals surface area contributed by atoms with Crippen LogP contribution in [0.25, 0.3) is 10.9 Å². The van der Waals surface area contributed by atoms with Crippen molar-refractivity contribution in [2.24, 2.45) is 0 Å². The molecule has 1 aromatic carbocycles. The minimum atomic E-state index is -0.0827. The van der Waals surface area contributed by atoms with E-state index in [1.165, 1.54) is 0 Å². The van der Waals surface area contributed by atoms with Crippen LogP contribution < -0.4 is 5.56 Å². The molecule has 3 nitrogen and oxygen atoms in total. The monoisotopic (exact) mass is 285 g/mol. The quantitative estimate of drug-likeness (QED) is 0.824. The normalized spacial score (nSPS) is 12.9. The standard InChI is InChI=1S/C18H23NO2/c1-9(2)12(6)14-7-11(5)16-15(17(14)20)8-13(10(3)4)18(21)19-16/h7-8,10,12,20H,1H2,2-6H3,(H,19,21). The smallest absolute Gasteiger partial charge is 0.251 e. The molecule has 2 rings (SSSR count). The number of phenolic OH excluding ortho intramolecular Hbond substituents is 1. The van der Waals surface area contributed by atoms with E-state index in [1.54, 1.807) is 0 Å². The zero-order valence-corrected chi connectivity index (χ0v) is 13.4. The molecule has 2 N–H and O–H groups in total. The van der Waals surface area contributed by atoms with Crippen molar-refractivity contribution in [1.29, 1.82) is 0 Å². The maximum Gasteiger partial charge on any atom is 0.251 e.